The molecule has 1 aromatic rings. The van der Waals surface area contributed by atoms with E-state index in [4.69, 9.17) is 22.1 Å². The number of likely N-dealkylation sites (tertiary alicyclic amines) is 1. The Hall–Kier alpha value is -0.820. The maximum atomic E-state index is 12.2. The second kappa shape index (κ2) is 6.96. The van der Waals surface area contributed by atoms with E-state index in [1.54, 1.807) is 23.1 Å². The Morgan fingerprint density at radius 2 is 2.33 bits per heavy atom. The van der Waals surface area contributed by atoms with E-state index in [1.165, 1.54) is 0 Å². The number of carbonyl (C=O) groups is 1. The van der Waals surface area contributed by atoms with Crippen LogP contribution in [0.15, 0.2) is 22.7 Å². The van der Waals surface area contributed by atoms with Crippen LogP contribution in [0, 0.1) is 0 Å². The number of ether oxygens (including phenoxy) is 1. The molecule has 21 heavy (non-hydrogen) atoms. The molecule has 5 nitrogen and oxygen atoms in total. The van der Waals surface area contributed by atoms with Crippen LogP contribution in [-0.2, 0) is 4.79 Å². The number of hydrogen-bond donors (Lipinski definition) is 2. The number of benzene rings is 1. The molecule has 1 saturated heterocycles. The first-order valence-corrected chi connectivity index (χ1v) is 7.89. The highest BCUT2D eigenvalue weighted by atomic mass is 79.9. The molecule has 7 heteroatoms. The van der Waals surface area contributed by atoms with Gasteiger partial charge in [-0.1, -0.05) is 27.5 Å². The fraction of sp³-hybridized carbons (Fsp3) is 0.500. The predicted molar refractivity (Wildman–Crippen MR) is 84.5 cm³/mol. The summed E-state index contributed by atoms with van der Waals surface area (Å²) in [5.41, 5.74) is 4.57. The number of nitrogens with two attached hydrogens (primary N) is 1. The molecule has 0 aromatic heterocycles. The van der Waals surface area contributed by atoms with Crippen LogP contribution in [-0.4, -0.2) is 47.8 Å². The summed E-state index contributed by atoms with van der Waals surface area (Å²) in [7, 11) is 0. The monoisotopic (exact) mass is 376 g/mol. The van der Waals surface area contributed by atoms with E-state index < -0.39 is 5.60 Å². The Balaban J connectivity index is 1.92. The number of rotatable bonds is 4. The number of nitrogens with zero attached hydrogens (tertiary/aromatic N) is 1. The average Bonchev–Trinajstić information content (AvgIpc) is 2.46. The van der Waals surface area contributed by atoms with E-state index in [0.717, 1.165) is 10.9 Å². The zero-order chi connectivity index (χ0) is 15.5. The number of piperidine rings is 1. The van der Waals surface area contributed by atoms with Crippen LogP contribution < -0.4 is 10.5 Å². The molecule has 0 saturated carbocycles. The molecule has 0 radical (unpaired) electrons. The van der Waals surface area contributed by atoms with E-state index in [2.05, 4.69) is 15.9 Å². The number of β-amino-alcohol motifs (C(OH)–C–C–N with tert-alkyl or cyclic N) is 1. The van der Waals surface area contributed by atoms with Gasteiger partial charge in [-0.2, -0.15) is 0 Å². The van der Waals surface area contributed by atoms with Crippen molar-refractivity contribution in [1.82, 2.24) is 4.90 Å². The minimum absolute atomic E-state index is 0.109. The van der Waals surface area contributed by atoms with E-state index in [-0.39, 0.29) is 25.6 Å². The van der Waals surface area contributed by atoms with Crippen LogP contribution >= 0.6 is 27.5 Å². The Labute approximate surface area is 137 Å². The van der Waals surface area contributed by atoms with Gasteiger partial charge >= 0.3 is 0 Å². The molecule has 1 aromatic carbocycles. The third kappa shape index (κ3) is 4.32. The van der Waals surface area contributed by atoms with Crippen LogP contribution in [0.25, 0.3) is 0 Å². The lowest BCUT2D eigenvalue weighted by Crippen LogP contribution is -2.54. The molecular weight excluding hydrogens is 360 g/mol. The highest BCUT2D eigenvalue weighted by Gasteiger charge is 2.34. The van der Waals surface area contributed by atoms with Gasteiger partial charge in [0, 0.05) is 17.6 Å². The molecule has 1 aliphatic heterocycles. The van der Waals surface area contributed by atoms with Crippen molar-refractivity contribution in [1.29, 1.82) is 0 Å². The number of halogens is 2. The van der Waals surface area contributed by atoms with Crippen molar-refractivity contribution >= 4 is 33.4 Å². The van der Waals surface area contributed by atoms with Crippen molar-refractivity contribution in [2.45, 2.75) is 18.4 Å². The van der Waals surface area contributed by atoms with Crippen molar-refractivity contribution in [3.63, 3.8) is 0 Å². The van der Waals surface area contributed by atoms with Gasteiger partial charge in [-0.05, 0) is 31.0 Å². The summed E-state index contributed by atoms with van der Waals surface area (Å²) in [4.78, 5) is 13.7. The maximum Gasteiger partial charge on any atom is 0.260 e. The second-order valence-electron chi connectivity index (χ2n) is 5.21. The van der Waals surface area contributed by atoms with Crippen molar-refractivity contribution < 1.29 is 14.6 Å². The Morgan fingerprint density at radius 1 is 1.57 bits per heavy atom. The zero-order valence-corrected chi connectivity index (χ0v) is 13.9. The molecule has 0 spiro atoms. The van der Waals surface area contributed by atoms with Gasteiger partial charge in [-0.15, -0.1) is 0 Å². The number of carbonyl (C=O) groups excluding carboxylic acids is 1. The summed E-state index contributed by atoms with van der Waals surface area (Å²) in [6.07, 6.45) is 1.35. The summed E-state index contributed by atoms with van der Waals surface area (Å²) >= 11 is 9.33. The summed E-state index contributed by atoms with van der Waals surface area (Å²) < 4.78 is 6.29. The van der Waals surface area contributed by atoms with Crippen molar-refractivity contribution in [2.24, 2.45) is 5.73 Å². The molecule has 0 bridgehead atoms. The topological polar surface area (TPSA) is 75.8 Å². The molecule has 1 fully saturated rings. The minimum Gasteiger partial charge on any atom is -0.482 e. The van der Waals surface area contributed by atoms with E-state index in [1.807, 2.05) is 0 Å². The Morgan fingerprint density at radius 3 is 3.00 bits per heavy atom. The quantitative estimate of drug-likeness (QED) is 0.839. The lowest BCUT2D eigenvalue weighted by atomic mass is 9.93. The van der Waals surface area contributed by atoms with Gasteiger partial charge in [-0.25, -0.2) is 0 Å². The molecule has 1 heterocycles. The Kier molecular flexibility index (Phi) is 5.48. The van der Waals surface area contributed by atoms with Gasteiger partial charge in [-0.3, -0.25) is 4.79 Å². The van der Waals surface area contributed by atoms with Crippen LogP contribution in [0.2, 0.25) is 5.02 Å². The summed E-state index contributed by atoms with van der Waals surface area (Å²) in [6.45, 7) is 0.899. The molecular formula is C14H18BrClN2O3. The Bertz CT molecular complexity index is 529. The van der Waals surface area contributed by atoms with E-state index in [9.17, 15) is 9.90 Å². The fourth-order valence-corrected chi connectivity index (χ4v) is 3.04. The lowest BCUT2D eigenvalue weighted by molar-refractivity contribution is -0.140. The zero-order valence-electron chi connectivity index (χ0n) is 11.5. The van der Waals surface area contributed by atoms with Crippen molar-refractivity contribution in [3.8, 4) is 5.75 Å². The molecule has 1 aliphatic rings. The maximum absolute atomic E-state index is 12.2. The number of amides is 1. The van der Waals surface area contributed by atoms with Crippen LogP contribution in [0.3, 0.4) is 0 Å². The number of hydrogen-bond acceptors (Lipinski definition) is 4. The first kappa shape index (κ1) is 16.5. The summed E-state index contributed by atoms with van der Waals surface area (Å²) in [6, 6.07) is 5.20. The van der Waals surface area contributed by atoms with Crippen LogP contribution in [0.5, 0.6) is 5.75 Å². The smallest absolute Gasteiger partial charge is 0.260 e. The highest BCUT2D eigenvalue weighted by molar-refractivity contribution is 9.10. The van der Waals surface area contributed by atoms with Gasteiger partial charge in [0.05, 0.1) is 17.2 Å². The predicted octanol–water partition coefficient (Wildman–Crippen LogP) is 1.79. The van der Waals surface area contributed by atoms with Gasteiger partial charge in [0.25, 0.3) is 5.91 Å². The molecule has 1 unspecified atom stereocenters. The third-order valence-corrected chi connectivity index (χ3v) is 4.32. The molecule has 2 rings (SSSR count). The minimum atomic E-state index is -0.983. The first-order valence-electron chi connectivity index (χ1n) is 6.72. The van der Waals surface area contributed by atoms with E-state index in [0.29, 0.717) is 23.7 Å². The third-order valence-electron chi connectivity index (χ3n) is 3.53. The normalized spacial score (nSPS) is 22.2. The van der Waals surface area contributed by atoms with Gasteiger partial charge in [0.1, 0.15) is 5.75 Å². The van der Waals surface area contributed by atoms with Crippen molar-refractivity contribution in [3.05, 3.63) is 27.7 Å². The van der Waals surface area contributed by atoms with E-state index >= 15 is 0 Å². The van der Waals surface area contributed by atoms with Gasteiger partial charge in [0.15, 0.2) is 6.61 Å². The summed E-state index contributed by atoms with van der Waals surface area (Å²) in [5.74, 6) is 0.278. The largest absolute Gasteiger partial charge is 0.482 e. The second-order valence-corrected chi connectivity index (χ2v) is 6.53. The highest BCUT2D eigenvalue weighted by Crippen LogP contribution is 2.28. The van der Waals surface area contributed by atoms with Crippen molar-refractivity contribution in [2.75, 3.05) is 26.2 Å². The summed E-state index contributed by atoms with van der Waals surface area (Å²) in [5, 5.41) is 10.6. The lowest BCUT2D eigenvalue weighted by Gasteiger charge is -2.38. The molecule has 116 valence electrons. The molecule has 1 atom stereocenters. The van der Waals surface area contributed by atoms with Crippen LogP contribution in [0.1, 0.15) is 12.8 Å². The average molecular weight is 378 g/mol. The SMILES string of the molecule is NCC1(O)CCCN(C(=O)COc2ccc(Br)cc2Cl)C1. The van der Waals surface area contributed by atoms with Gasteiger partial charge in [0.2, 0.25) is 0 Å². The standard InChI is InChI=1S/C14H18BrClN2O3/c15-10-2-3-12(11(16)6-10)21-7-13(19)18-5-1-4-14(20,8-17)9-18/h2-3,6,20H,1,4-5,7-9,17H2. The molecule has 1 amide bonds. The number of aliphatic hydroxyl groups is 1. The van der Waals surface area contributed by atoms with Crippen LogP contribution in [0.4, 0.5) is 0 Å². The molecule has 0 aliphatic carbocycles. The fourth-order valence-electron chi connectivity index (χ4n) is 2.31. The van der Waals surface area contributed by atoms with Gasteiger partial charge < -0.3 is 20.5 Å². The molecule has 3 N–H and O–H groups in total. The first-order chi connectivity index (χ1) is 9.93.